The number of hydrogen-bond acceptors (Lipinski definition) is 2. The molecule has 0 spiro atoms. The van der Waals surface area contributed by atoms with E-state index in [-0.39, 0.29) is 30.9 Å². The molecule has 0 saturated heterocycles. The second-order valence-corrected chi connectivity index (χ2v) is 3.12. The van der Waals surface area contributed by atoms with E-state index in [1.54, 1.807) is 0 Å². The molecule has 1 aliphatic carbocycles. The Morgan fingerprint density at radius 3 is 1.80 bits per heavy atom. The van der Waals surface area contributed by atoms with Gasteiger partial charge in [0.25, 0.3) is 0 Å². The molecule has 0 bridgehead atoms. The summed E-state index contributed by atoms with van der Waals surface area (Å²) in [5, 5.41) is 17.6. The molecule has 56 valence electrons. The van der Waals surface area contributed by atoms with Crippen LogP contribution in [0.2, 0.25) is 5.82 Å². The highest BCUT2D eigenvalue weighted by molar-refractivity contribution is 6.11. The van der Waals surface area contributed by atoms with E-state index in [9.17, 15) is 0 Å². The van der Waals surface area contributed by atoms with Gasteiger partial charge in [-0.2, -0.15) is 0 Å². The van der Waals surface area contributed by atoms with Crippen LogP contribution in [0.15, 0.2) is 0 Å². The molecule has 1 saturated carbocycles. The number of rotatable bonds is 2. The maximum absolute atomic E-state index is 8.82. The van der Waals surface area contributed by atoms with Crippen molar-refractivity contribution in [3.63, 3.8) is 0 Å². The fourth-order valence-electron chi connectivity index (χ4n) is 1.71. The molecule has 0 aromatic rings. The summed E-state index contributed by atoms with van der Waals surface area (Å²) in [6.45, 7) is 0.331. The van der Waals surface area contributed by atoms with Crippen LogP contribution in [-0.2, 0) is 0 Å². The van der Waals surface area contributed by atoms with E-state index in [2.05, 4.69) is 0 Å². The first-order valence-electron chi connectivity index (χ1n) is 3.75. The Balaban J connectivity index is 2.41. The average molecular weight is 140 g/mol. The van der Waals surface area contributed by atoms with Gasteiger partial charge in [0.05, 0.1) is 7.85 Å². The summed E-state index contributed by atoms with van der Waals surface area (Å²) in [6, 6.07) is 0. The van der Waals surface area contributed by atoms with Crippen molar-refractivity contribution in [2.75, 3.05) is 13.2 Å². The molecule has 1 rings (SSSR count). The van der Waals surface area contributed by atoms with Crippen LogP contribution in [0.1, 0.15) is 12.8 Å². The molecule has 2 N–H and O–H groups in total. The number of hydrogen-bond donors (Lipinski definition) is 2. The van der Waals surface area contributed by atoms with Crippen LogP contribution >= 0.6 is 0 Å². The van der Waals surface area contributed by atoms with Crippen molar-refractivity contribution in [1.82, 2.24) is 0 Å². The molecule has 3 heteroatoms. The van der Waals surface area contributed by atoms with Crippen LogP contribution in [0.25, 0.3) is 0 Å². The van der Waals surface area contributed by atoms with Gasteiger partial charge in [-0.05, 0) is 11.8 Å². The normalized spacial score (nSPS) is 40.4. The van der Waals surface area contributed by atoms with Gasteiger partial charge < -0.3 is 10.2 Å². The summed E-state index contributed by atoms with van der Waals surface area (Å²) >= 11 is 0. The van der Waals surface area contributed by atoms with Gasteiger partial charge in [-0.15, -0.1) is 0 Å². The Kier molecular flexibility index (Phi) is 2.75. The van der Waals surface area contributed by atoms with Crippen molar-refractivity contribution < 1.29 is 10.2 Å². The summed E-state index contributed by atoms with van der Waals surface area (Å²) in [7, 11) is 5.64. The zero-order valence-corrected chi connectivity index (χ0v) is 6.03. The highest BCUT2D eigenvalue weighted by Gasteiger charge is 2.30. The molecular formula is C7H13BO2. The Morgan fingerprint density at radius 1 is 1.10 bits per heavy atom. The molecule has 2 radical (unpaired) electrons. The van der Waals surface area contributed by atoms with Crippen LogP contribution in [0.3, 0.4) is 0 Å². The predicted octanol–water partition coefficient (Wildman–Crippen LogP) is -0.0458. The van der Waals surface area contributed by atoms with Crippen molar-refractivity contribution >= 4 is 7.85 Å². The quantitative estimate of drug-likeness (QED) is 0.528. The first-order chi connectivity index (χ1) is 4.77. The standard InChI is InChI=1S/C7H13BO2/c8-7-1-5(3-9)6(2-7)4-10/h5-7,9-10H,1-4H2/t5-,6+,7?. The van der Waals surface area contributed by atoms with Gasteiger partial charge in [-0.25, -0.2) is 0 Å². The minimum absolute atomic E-state index is 0.166. The van der Waals surface area contributed by atoms with Gasteiger partial charge in [0.1, 0.15) is 0 Å². The van der Waals surface area contributed by atoms with E-state index in [4.69, 9.17) is 18.1 Å². The monoisotopic (exact) mass is 140 g/mol. The van der Waals surface area contributed by atoms with Gasteiger partial charge in [-0.3, -0.25) is 0 Å². The zero-order valence-electron chi connectivity index (χ0n) is 6.03. The lowest BCUT2D eigenvalue weighted by Crippen LogP contribution is -2.15. The van der Waals surface area contributed by atoms with Gasteiger partial charge in [-0.1, -0.05) is 18.7 Å². The average Bonchev–Trinajstić information content (AvgIpc) is 2.30. The van der Waals surface area contributed by atoms with Gasteiger partial charge in [0, 0.05) is 13.2 Å². The molecule has 0 amide bonds. The van der Waals surface area contributed by atoms with Gasteiger partial charge in [0.15, 0.2) is 0 Å². The predicted molar refractivity (Wildman–Crippen MR) is 39.9 cm³/mol. The maximum Gasteiger partial charge on any atom is 0.0699 e. The lowest BCUT2D eigenvalue weighted by molar-refractivity contribution is 0.141. The summed E-state index contributed by atoms with van der Waals surface area (Å²) in [6.07, 6.45) is 1.73. The molecule has 1 fully saturated rings. The smallest absolute Gasteiger partial charge is 0.0699 e. The molecule has 3 atom stereocenters. The van der Waals surface area contributed by atoms with Crippen LogP contribution in [0.4, 0.5) is 0 Å². The minimum atomic E-state index is 0.166. The Morgan fingerprint density at radius 2 is 1.50 bits per heavy atom. The second kappa shape index (κ2) is 3.40. The molecule has 1 unspecified atom stereocenters. The third-order valence-electron chi connectivity index (χ3n) is 2.35. The highest BCUT2D eigenvalue weighted by Crippen LogP contribution is 2.37. The minimum Gasteiger partial charge on any atom is -0.396 e. The van der Waals surface area contributed by atoms with E-state index in [0.29, 0.717) is 0 Å². The Hall–Kier alpha value is -0.0151. The first-order valence-corrected chi connectivity index (χ1v) is 3.75. The van der Waals surface area contributed by atoms with E-state index in [0.717, 1.165) is 12.8 Å². The fourth-order valence-corrected chi connectivity index (χ4v) is 1.71. The maximum atomic E-state index is 8.82. The molecule has 0 aliphatic heterocycles. The largest absolute Gasteiger partial charge is 0.396 e. The highest BCUT2D eigenvalue weighted by atomic mass is 16.3. The first kappa shape index (κ1) is 8.09. The summed E-state index contributed by atoms with van der Waals surface area (Å²) in [5.41, 5.74) is 0. The van der Waals surface area contributed by atoms with Crippen molar-refractivity contribution in [2.45, 2.75) is 18.7 Å². The summed E-state index contributed by atoms with van der Waals surface area (Å²) in [4.78, 5) is 0. The van der Waals surface area contributed by atoms with Crippen molar-refractivity contribution in [2.24, 2.45) is 11.8 Å². The lowest BCUT2D eigenvalue weighted by atomic mass is 9.85. The van der Waals surface area contributed by atoms with Crippen molar-refractivity contribution in [1.29, 1.82) is 0 Å². The van der Waals surface area contributed by atoms with Crippen molar-refractivity contribution in [3.05, 3.63) is 0 Å². The van der Waals surface area contributed by atoms with Crippen molar-refractivity contribution in [3.8, 4) is 0 Å². The molecule has 0 aromatic heterocycles. The van der Waals surface area contributed by atoms with Crippen LogP contribution in [0.5, 0.6) is 0 Å². The van der Waals surface area contributed by atoms with Gasteiger partial charge >= 0.3 is 0 Å². The van der Waals surface area contributed by atoms with E-state index < -0.39 is 0 Å². The molecule has 1 aliphatic rings. The van der Waals surface area contributed by atoms with E-state index in [1.807, 2.05) is 0 Å². The lowest BCUT2D eigenvalue weighted by Gasteiger charge is -2.12. The van der Waals surface area contributed by atoms with E-state index in [1.165, 1.54) is 0 Å². The number of aliphatic hydroxyl groups is 2. The van der Waals surface area contributed by atoms with Crippen LogP contribution in [-0.4, -0.2) is 31.3 Å². The Labute approximate surface area is 62.7 Å². The zero-order chi connectivity index (χ0) is 7.56. The SMILES string of the molecule is [B]C1C[C@@H](CO)[C@@H](CO)C1. The summed E-state index contributed by atoms with van der Waals surface area (Å²) in [5.74, 6) is 0.661. The summed E-state index contributed by atoms with van der Waals surface area (Å²) < 4.78 is 0. The van der Waals surface area contributed by atoms with Gasteiger partial charge in [0.2, 0.25) is 0 Å². The molecule has 10 heavy (non-hydrogen) atoms. The third-order valence-corrected chi connectivity index (χ3v) is 2.35. The molecular weight excluding hydrogens is 127 g/mol. The van der Waals surface area contributed by atoms with E-state index >= 15 is 0 Å². The third kappa shape index (κ3) is 1.52. The fraction of sp³-hybridized carbons (Fsp3) is 1.00. The molecule has 0 aromatic carbocycles. The number of aliphatic hydroxyl groups excluding tert-OH is 2. The molecule has 0 heterocycles. The topological polar surface area (TPSA) is 40.5 Å². The second-order valence-electron chi connectivity index (χ2n) is 3.12. The van der Waals surface area contributed by atoms with Crippen LogP contribution < -0.4 is 0 Å². The molecule has 2 nitrogen and oxygen atoms in total. The Bertz CT molecular complexity index is 95.8. The van der Waals surface area contributed by atoms with Crippen LogP contribution in [0, 0.1) is 11.8 Å².